The summed E-state index contributed by atoms with van der Waals surface area (Å²) >= 11 is 1.22. The normalized spacial score (nSPS) is 21.1. The van der Waals surface area contributed by atoms with E-state index in [4.69, 9.17) is 0 Å². The van der Waals surface area contributed by atoms with Gasteiger partial charge in [0.2, 0.25) is 0 Å². The fourth-order valence-electron chi connectivity index (χ4n) is 5.40. The molecule has 39 heavy (non-hydrogen) atoms. The molecule has 2 bridgehead atoms. The van der Waals surface area contributed by atoms with E-state index in [-0.39, 0.29) is 27.4 Å². The number of benzene rings is 3. The second-order valence-corrected chi connectivity index (χ2v) is 14.8. The standard InChI is InChI=1S/C28H27N3O5S3/c32-28(29-25-19-30-15-13-20(25)14-16-30)27-17-21-11-12-22(18-26(21)37-27)31(38(33,34)23-7-3-1-4-8-23)39(35,36)24-9-5-2-6-10-24/h1-12,17-18,20,25H,13-16,19H2,(H,29,32)/t25-/m0/s1. The molecule has 1 aromatic heterocycles. The Hall–Kier alpha value is -3.25. The Morgan fingerprint density at radius 1 is 0.821 bits per heavy atom. The van der Waals surface area contributed by atoms with Crippen LogP contribution in [0.3, 0.4) is 0 Å². The highest BCUT2D eigenvalue weighted by molar-refractivity contribution is 8.10. The van der Waals surface area contributed by atoms with E-state index in [2.05, 4.69) is 10.2 Å². The number of nitrogens with one attached hydrogen (secondary N) is 1. The largest absolute Gasteiger partial charge is 0.347 e. The first kappa shape index (κ1) is 26.0. The Morgan fingerprint density at radius 2 is 1.41 bits per heavy atom. The molecular weight excluding hydrogens is 555 g/mol. The number of amides is 1. The number of fused-ring (bicyclic) bond motifs is 4. The summed E-state index contributed by atoms with van der Waals surface area (Å²) in [4.78, 5) is 15.7. The number of rotatable bonds is 7. The lowest BCUT2D eigenvalue weighted by Crippen LogP contribution is -2.57. The van der Waals surface area contributed by atoms with E-state index in [9.17, 15) is 21.6 Å². The van der Waals surface area contributed by atoms with Gasteiger partial charge in [-0.3, -0.25) is 4.79 Å². The van der Waals surface area contributed by atoms with Crippen LogP contribution in [0, 0.1) is 5.92 Å². The maximum Gasteiger partial charge on any atom is 0.277 e. The third kappa shape index (κ3) is 4.84. The molecule has 7 rings (SSSR count). The van der Waals surface area contributed by atoms with Gasteiger partial charge in [-0.1, -0.05) is 42.5 Å². The van der Waals surface area contributed by atoms with Crippen molar-refractivity contribution in [2.24, 2.45) is 5.92 Å². The Bertz CT molecular complexity index is 1660. The fraction of sp³-hybridized carbons (Fsp3) is 0.250. The number of carbonyl (C=O) groups is 1. The second-order valence-electron chi connectivity index (χ2n) is 9.88. The predicted octanol–water partition coefficient (Wildman–Crippen LogP) is 4.31. The molecule has 0 saturated carbocycles. The molecule has 0 radical (unpaired) electrons. The van der Waals surface area contributed by atoms with Crippen molar-refractivity contribution in [3.8, 4) is 0 Å². The van der Waals surface area contributed by atoms with E-state index in [1.54, 1.807) is 48.5 Å². The van der Waals surface area contributed by atoms with E-state index >= 15 is 0 Å². The number of hydrogen-bond donors (Lipinski definition) is 1. The van der Waals surface area contributed by atoms with E-state index in [0.717, 1.165) is 37.9 Å². The molecular formula is C28H27N3O5S3. The van der Waals surface area contributed by atoms with Crippen molar-refractivity contribution < 1.29 is 21.6 Å². The summed E-state index contributed by atoms with van der Waals surface area (Å²) in [6, 6.07) is 21.5. The molecule has 4 heterocycles. The third-order valence-electron chi connectivity index (χ3n) is 7.43. The Labute approximate surface area is 232 Å². The lowest BCUT2D eigenvalue weighted by Gasteiger charge is -2.44. The van der Waals surface area contributed by atoms with Crippen molar-refractivity contribution in [2.75, 3.05) is 23.3 Å². The van der Waals surface area contributed by atoms with E-state index in [1.807, 2.05) is 0 Å². The van der Waals surface area contributed by atoms with Gasteiger partial charge in [-0.15, -0.1) is 11.3 Å². The highest BCUT2D eigenvalue weighted by atomic mass is 32.3. The van der Waals surface area contributed by atoms with Crippen LogP contribution in [-0.4, -0.2) is 53.3 Å². The minimum absolute atomic E-state index is 0.0265. The van der Waals surface area contributed by atoms with Crippen LogP contribution >= 0.6 is 11.3 Å². The summed E-state index contributed by atoms with van der Waals surface area (Å²) < 4.78 is 56.2. The van der Waals surface area contributed by atoms with Gasteiger partial charge >= 0.3 is 0 Å². The lowest BCUT2D eigenvalue weighted by atomic mass is 9.84. The molecule has 1 N–H and O–H groups in total. The molecule has 4 aromatic rings. The van der Waals surface area contributed by atoms with Crippen LogP contribution in [-0.2, 0) is 20.0 Å². The van der Waals surface area contributed by atoms with Gasteiger partial charge in [0.25, 0.3) is 26.0 Å². The van der Waals surface area contributed by atoms with Gasteiger partial charge in [-0.05, 0) is 79.7 Å². The monoisotopic (exact) mass is 581 g/mol. The van der Waals surface area contributed by atoms with E-state index < -0.39 is 20.0 Å². The van der Waals surface area contributed by atoms with Gasteiger partial charge in [0.1, 0.15) is 0 Å². The number of thiophene rings is 1. The van der Waals surface area contributed by atoms with Gasteiger partial charge in [0.15, 0.2) is 0 Å². The first-order valence-electron chi connectivity index (χ1n) is 12.7. The van der Waals surface area contributed by atoms with Crippen LogP contribution in [0.25, 0.3) is 10.1 Å². The van der Waals surface area contributed by atoms with Crippen molar-refractivity contribution in [1.82, 2.24) is 10.2 Å². The van der Waals surface area contributed by atoms with Gasteiger partial charge in [0.05, 0.1) is 20.4 Å². The zero-order valence-electron chi connectivity index (χ0n) is 20.9. The van der Waals surface area contributed by atoms with Gasteiger partial charge < -0.3 is 10.2 Å². The SMILES string of the molecule is O=C(N[C@H]1CN2CCC1CC2)c1cc2ccc(N(S(=O)(=O)c3ccccc3)S(=O)(=O)c3ccccc3)cc2s1. The maximum atomic E-state index is 13.8. The Kier molecular flexibility index (Phi) is 6.70. The first-order chi connectivity index (χ1) is 18.7. The molecule has 3 aliphatic rings. The quantitative estimate of drug-likeness (QED) is 0.349. The zero-order valence-corrected chi connectivity index (χ0v) is 23.4. The summed E-state index contributed by atoms with van der Waals surface area (Å²) in [5.74, 6) is 0.321. The predicted molar refractivity (Wildman–Crippen MR) is 152 cm³/mol. The van der Waals surface area contributed by atoms with E-state index in [0.29, 0.717) is 19.2 Å². The summed E-state index contributed by atoms with van der Waals surface area (Å²) in [7, 11) is -8.99. The molecule has 202 valence electrons. The molecule has 8 nitrogen and oxygen atoms in total. The van der Waals surface area contributed by atoms with Crippen LogP contribution in [0.4, 0.5) is 5.69 Å². The molecule has 3 saturated heterocycles. The van der Waals surface area contributed by atoms with Crippen molar-refractivity contribution in [1.29, 1.82) is 0 Å². The number of anilines is 1. The fourth-order valence-corrected chi connectivity index (χ4v) is 10.1. The first-order valence-corrected chi connectivity index (χ1v) is 16.4. The Morgan fingerprint density at radius 3 is 1.95 bits per heavy atom. The highest BCUT2D eigenvalue weighted by Crippen LogP contribution is 2.36. The van der Waals surface area contributed by atoms with Crippen LogP contribution < -0.4 is 9.03 Å². The second kappa shape index (κ2) is 10.1. The molecule has 3 aliphatic heterocycles. The highest BCUT2D eigenvalue weighted by Gasteiger charge is 2.38. The molecule has 1 atom stereocenters. The number of sulfonamides is 2. The third-order valence-corrected chi connectivity index (χ3v) is 12.7. The zero-order chi connectivity index (χ0) is 27.2. The van der Waals surface area contributed by atoms with Crippen LogP contribution in [0.5, 0.6) is 0 Å². The molecule has 11 heteroatoms. The number of carbonyl (C=O) groups excluding carboxylic acids is 1. The average molecular weight is 582 g/mol. The number of nitrogens with zero attached hydrogens (tertiary/aromatic N) is 2. The summed E-state index contributed by atoms with van der Waals surface area (Å²) in [5, 5.41) is 3.92. The Balaban J connectivity index is 1.38. The molecule has 1 amide bonds. The average Bonchev–Trinajstić information content (AvgIpc) is 3.38. The summed E-state index contributed by atoms with van der Waals surface area (Å²) in [6.07, 6.45) is 2.17. The molecule has 0 spiro atoms. The number of piperidine rings is 3. The smallest absolute Gasteiger partial charge is 0.277 e. The molecule has 0 unspecified atom stereocenters. The molecule has 3 fully saturated rings. The topological polar surface area (TPSA) is 104 Å². The van der Waals surface area contributed by atoms with Crippen LogP contribution in [0.2, 0.25) is 0 Å². The lowest BCUT2D eigenvalue weighted by molar-refractivity contribution is 0.0622. The molecule has 0 aliphatic carbocycles. The minimum atomic E-state index is -4.50. The van der Waals surface area contributed by atoms with Gasteiger partial charge in [-0.2, -0.15) is 3.71 Å². The van der Waals surface area contributed by atoms with Crippen molar-refractivity contribution in [3.63, 3.8) is 0 Å². The van der Waals surface area contributed by atoms with Crippen molar-refractivity contribution in [3.05, 3.63) is 89.8 Å². The van der Waals surface area contributed by atoms with Crippen LogP contribution in [0.1, 0.15) is 22.5 Å². The molecule has 3 aromatic carbocycles. The van der Waals surface area contributed by atoms with Gasteiger partial charge in [0, 0.05) is 17.3 Å². The maximum absolute atomic E-state index is 13.8. The van der Waals surface area contributed by atoms with Crippen LogP contribution in [0.15, 0.2) is 94.7 Å². The number of hydrogen-bond acceptors (Lipinski definition) is 7. The minimum Gasteiger partial charge on any atom is -0.347 e. The summed E-state index contributed by atoms with van der Waals surface area (Å²) in [6.45, 7) is 3.02. The van der Waals surface area contributed by atoms with Crippen molar-refractivity contribution >= 4 is 53.1 Å². The summed E-state index contributed by atoms with van der Waals surface area (Å²) in [5.41, 5.74) is -0.0265. The van der Waals surface area contributed by atoms with E-state index in [1.165, 1.54) is 47.7 Å². The van der Waals surface area contributed by atoms with Gasteiger partial charge in [-0.25, -0.2) is 16.8 Å². The van der Waals surface area contributed by atoms with Crippen molar-refractivity contribution in [2.45, 2.75) is 28.7 Å².